The van der Waals surface area contributed by atoms with Crippen LogP contribution in [0.25, 0.3) is 0 Å². The van der Waals surface area contributed by atoms with Crippen LogP contribution in [0.5, 0.6) is 5.75 Å². The van der Waals surface area contributed by atoms with E-state index in [1.165, 1.54) is 5.56 Å². The molecule has 1 fully saturated rings. The summed E-state index contributed by atoms with van der Waals surface area (Å²) in [5, 5.41) is 3.46. The zero-order valence-electron chi connectivity index (χ0n) is 19.4. The van der Waals surface area contributed by atoms with E-state index in [4.69, 9.17) is 9.47 Å². The molecule has 1 aliphatic heterocycles. The van der Waals surface area contributed by atoms with Gasteiger partial charge in [0.2, 0.25) is 5.95 Å². The maximum absolute atomic E-state index is 13.3. The average Bonchev–Trinajstić information content (AvgIpc) is 3.53. The Morgan fingerprint density at radius 3 is 2.91 bits per heavy atom. The molecule has 5 rings (SSSR count). The Balaban J connectivity index is 1.27. The normalized spacial score (nSPS) is 18.9. The molecule has 1 saturated carbocycles. The lowest BCUT2D eigenvalue weighted by atomic mass is 10.1. The Labute approximate surface area is 200 Å². The highest BCUT2D eigenvalue weighted by Crippen LogP contribution is 2.28. The molecule has 34 heavy (non-hydrogen) atoms. The Morgan fingerprint density at radius 1 is 1.18 bits per heavy atom. The van der Waals surface area contributed by atoms with Crippen LogP contribution >= 0.6 is 0 Å². The second-order valence-corrected chi connectivity index (χ2v) is 8.73. The molecular formula is C27H30N4O3. The lowest BCUT2D eigenvalue weighted by Gasteiger charge is -2.23. The number of carbonyl (C=O) groups is 1. The predicted molar refractivity (Wildman–Crippen MR) is 131 cm³/mol. The number of aromatic nitrogens is 2. The number of fused-ring (bicyclic) bond motifs is 1. The van der Waals surface area contributed by atoms with Crippen LogP contribution in [0, 0.1) is 0 Å². The topological polar surface area (TPSA) is 76.6 Å². The van der Waals surface area contributed by atoms with E-state index in [1.807, 2.05) is 43.3 Å². The lowest BCUT2D eigenvalue weighted by molar-refractivity contribution is 0.0393. The first-order valence-electron chi connectivity index (χ1n) is 12.0. The monoisotopic (exact) mass is 458 g/mol. The Bertz CT molecular complexity index is 1140. The number of hydrogen-bond acceptors (Lipinski definition) is 6. The SMILES string of the molecule is CCN(C(=O)c1ccc2c(c1)CCO2)c1ccnc(N[C@H]2CCC[C@@H]2OCc2ccccc2)n1. The molecule has 1 aromatic heterocycles. The van der Waals surface area contributed by atoms with Crippen LogP contribution < -0.4 is 15.0 Å². The summed E-state index contributed by atoms with van der Waals surface area (Å²) in [5.41, 5.74) is 2.89. The smallest absolute Gasteiger partial charge is 0.259 e. The maximum Gasteiger partial charge on any atom is 0.259 e. The number of carbonyl (C=O) groups excluding carboxylic acids is 1. The van der Waals surface area contributed by atoms with E-state index in [0.717, 1.165) is 37.0 Å². The van der Waals surface area contributed by atoms with Crippen molar-refractivity contribution in [2.45, 2.75) is 51.4 Å². The second-order valence-electron chi connectivity index (χ2n) is 8.73. The Kier molecular flexibility index (Phi) is 6.72. The molecule has 2 atom stereocenters. The summed E-state index contributed by atoms with van der Waals surface area (Å²) in [7, 11) is 0. The number of hydrogen-bond donors (Lipinski definition) is 1. The van der Waals surface area contributed by atoms with Gasteiger partial charge in [0.15, 0.2) is 0 Å². The Hall–Kier alpha value is -3.45. The number of nitrogens with one attached hydrogen (secondary N) is 1. The van der Waals surface area contributed by atoms with Crippen molar-refractivity contribution in [1.82, 2.24) is 9.97 Å². The van der Waals surface area contributed by atoms with Gasteiger partial charge in [-0.1, -0.05) is 30.3 Å². The molecule has 2 heterocycles. The van der Waals surface area contributed by atoms with Crippen molar-refractivity contribution >= 4 is 17.7 Å². The van der Waals surface area contributed by atoms with Gasteiger partial charge in [0, 0.05) is 24.7 Å². The van der Waals surface area contributed by atoms with E-state index in [0.29, 0.717) is 37.1 Å². The van der Waals surface area contributed by atoms with Gasteiger partial charge in [-0.25, -0.2) is 4.98 Å². The van der Waals surface area contributed by atoms with Gasteiger partial charge in [-0.05, 0) is 61.6 Å². The first-order chi connectivity index (χ1) is 16.7. The first kappa shape index (κ1) is 22.3. The van der Waals surface area contributed by atoms with E-state index in [9.17, 15) is 4.79 Å². The summed E-state index contributed by atoms with van der Waals surface area (Å²) in [6, 6.07) is 17.8. The molecule has 3 aromatic rings. The van der Waals surface area contributed by atoms with Crippen molar-refractivity contribution in [3.05, 3.63) is 77.5 Å². The summed E-state index contributed by atoms with van der Waals surface area (Å²) in [6.07, 6.45) is 5.74. The van der Waals surface area contributed by atoms with Gasteiger partial charge in [-0.2, -0.15) is 4.98 Å². The number of amides is 1. The fraction of sp³-hybridized carbons (Fsp3) is 0.370. The number of rotatable bonds is 8. The van der Waals surface area contributed by atoms with E-state index >= 15 is 0 Å². The molecule has 0 saturated heterocycles. The molecule has 7 heteroatoms. The third kappa shape index (κ3) is 4.89. The maximum atomic E-state index is 13.3. The fourth-order valence-electron chi connectivity index (χ4n) is 4.69. The first-order valence-corrected chi connectivity index (χ1v) is 12.0. The average molecular weight is 459 g/mol. The van der Waals surface area contributed by atoms with Crippen LogP contribution in [-0.2, 0) is 17.8 Å². The largest absolute Gasteiger partial charge is 0.493 e. The van der Waals surface area contributed by atoms with Gasteiger partial charge >= 0.3 is 0 Å². The van der Waals surface area contributed by atoms with Crippen molar-refractivity contribution in [3.8, 4) is 5.75 Å². The van der Waals surface area contributed by atoms with E-state index < -0.39 is 0 Å². The van der Waals surface area contributed by atoms with Gasteiger partial charge in [0.05, 0.1) is 25.4 Å². The minimum Gasteiger partial charge on any atom is -0.493 e. The van der Waals surface area contributed by atoms with Crippen molar-refractivity contribution in [2.24, 2.45) is 0 Å². The second kappa shape index (κ2) is 10.2. The van der Waals surface area contributed by atoms with Crippen LogP contribution in [0.1, 0.15) is 47.7 Å². The van der Waals surface area contributed by atoms with Gasteiger partial charge in [-0.15, -0.1) is 0 Å². The predicted octanol–water partition coefficient (Wildman–Crippen LogP) is 4.63. The number of nitrogens with zero attached hydrogens (tertiary/aromatic N) is 3. The van der Waals surface area contributed by atoms with E-state index in [-0.39, 0.29) is 18.1 Å². The lowest BCUT2D eigenvalue weighted by Crippen LogP contribution is -2.33. The molecule has 1 aliphatic carbocycles. The Morgan fingerprint density at radius 2 is 2.06 bits per heavy atom. The van der Waals surface area contributed by atoms with Gasteiger partial charge in [-0.3, -0.25) is 9.69 Å². The number of benzene rings is 2. The van der Waals surface area contributed by atoms with Gasteiger partial charge in [0.1, 0.15) is 11.6 Å². The van der Waals surface area contributed by atoms with Crippen molar-refractivity contribution in [2.75, 3.05) is 23.4 Å². The molecule has 0 unspecified atom stereocenters. The standard InChI is InChI=1S/C27H30N4O3/c1-2-31(26(32)21-11-12-23-20(17-21)14-16-33-23)25-13-15-28-27(30-25)29-22-9-6-10-24(22)34-18-19-7-4-3-5-8-19/h3-5,7-8,11-13,15,17,22,24H,2,6,9-10,14,16,18H2,1H3,(H,28,29,30)/t22-,24-/m0/s1. The van der Waals surface area contributed by atoms with Crippen molar-refractivity contribution < 1.29 is 14.3 Å². The van der Waals surface area contributed by atoms with Crippen LogP contribution in [0.2, 0.25) is 0 Å². The molecule has 7 nitrogen and oxygen atoms in total. The molecule has 1 N–H and O–H groups in total. The third-order valence-corrected chi connectivity index (χ3v) is 6.49. The molecule has 176 valence electrons. The summed E-state index contributed by atoms with van der Waals surface area (Å²) < 4.78 is 11.8. The van der Waals surface area contributed by atoms with Gasteiger partial charge in [0.25, 0.3) is 5.91 Å². The van der Waals surface area contributed by atoms with Crippen LogP contribution in [-0.4, -0.2) is 41.2 Å². The molecule has 2 aliphatic rings. The molecule has 0 bridgehead atoms. The minimum absolute atomic E-state index is 0.0770. The van der Waals surface area contributed by atoms with Crippen molar-refractivity contribution in [1.29, 1.82) is 0 Å². The fourth-order valence-corrected chi connectivity index (χ4v) is 4.69. The quantitative estimate of drug-likeness (QED) is 0.531. The molecule has 2 aromatic carbocycles. The molecule has 1 amide bonds. The van der Waals surface area contributed by atoms with Gasteiger partial charge < -0.3 is 14.8 Å². The third-order valence-electron chi connectivity index (χ3n) is 6.49. The number of anilines is 2. The summed E-state index contributed by atoms with van der Waals surface area (Å²) in [6.45, 7) is 3.72. The van der Waals surface area contributed by atoms with Crippen LogP contribution in [0.3, 0.4) is 0 Å². The van der Waals surface area contributed by atoms with Crippen molar-refractivity contribution in [3.63, 3.8) is 0 Å². The summed E-state index contributed by atoms with van der Waals surface area (Å²) >= 11 is 0. The van der Waals surface area contributed by atoms with E-state index in [2.05, 4.69) is 27.4 Å². The molecule has 0 radical (unpaired) electrons. The van der Waals surface area contributed by atoms with Crippen LogP contribution in [0.15, 0.2) is 60.8 Å². The molecular weight excluding hydrogens is 428 g/mol. The zero-order valence-corrected chi connectivity index (χ0v) is 19.4. The zero-order chi connectivity index (χ0) is 23.3. The van der Waals surface area contributed by atoms with Crippen LogP contribution in [0.4, 0.5) is 11.8 Å². The molecule has 0 spiro atoms. The highest BCUT2D eigenvalue weighted by molar-refractivity contribution is 6.05. The minimum atomic E-state index is -0.0770. The highest BCUT2D eigenvalue weighted by atomic mass is 16.5. The summed E-state index contributed by atoms with van der Waals surface area (Å²) in [4.78, 5) is 24.1. The highest BCUT2D eigenvalue weighted by Gasteiger charge is 2.29. The van der Waals surface area contributed by atoms with E-state index in [1.54, 1.807) is 17.2 Å². The summed E-state index contributed by atoms with van der Waals surface area (Å²) in [5.74, 6) is 1.90. The number of ether oxygens (including phenoxy) is 2.